The van der Waals surface area contributed by atoms with Crippen LogP contribution in [0.2, 0.25) is 0 Å². The topological polar surface area (TPSA) is 59.4 Å². The molecule has 0 radical (unpaired) electrons. The number of ether oxygens (including phenoxy) is 1. The first-order valence-corrected chi connectivity index (χ1v) is 5.06. The molecule has 0 spiro atoms. The van der Waals surface area contributed by atoms with Gasteiger partial charge >= 0.3 is 12.3 Å². The average Bonchev–Trinajstić information content (AvgIpc) is 2.26. The monoisotopic (exact) mass is 305 g/mol. The van der Waals surface area contributed by atoms with Crippen molar-refractivity contribution in [2.24, 2.45) is 0 Å². The Kier molecular flexibility index (Phi) is 4.51. The third-order valence-corrected chi connectivity index (χ3v) is 2.12. The minimum atomic E-state index is -5.32. The van der Waals surface area contributed by atoms with Crippen LogP contribution in [0.3, 0.4) is 0 Å². The molecule has 0 saturated carbocycles. The van der Waals surface area contributed by atoms with Gasteiger partial charge in [0.25, 0.3) is 6.43 Å². The lowest BCUT2D eigenvalue weighted by Gasteiger charge is -2.15. The zero-order valence-electron chi connectivity index (χ0n) is 8.84. The van der Waals surface area contributed by atoms with Crippen LogP contribution < -0.4 is 4.74 Å². The summed E-state index contributed by atoms with van der Waals surface area (Å²) in [6, 6.07) is 0.561. The summed E-state index contributed by atoms with van der Waals surface area (Å²) in [5.41, 5.74) is -2.81. The fraction of sp³-hybridized carbons (Fsp3) is 0.333. The van der Waals surface area contributed by atoms with Crippen molar-refractivity contribution in [3.8, 4) is 5.75 Å². The van der Waals surface area contributed by atoms with Crippen LogP contribution in [-0.4, -0.2) is 22.4 Å². The Morgan fingerprint density at radius 3 is 2.42 bits per heavy atom. The van der Waals surface area contributed by atoms with Gasteiger partial charge in [-0.25, -0.2) is 18.6 Å². The summed E-state index contributed by atoms with van der Waals surface area (Å²) in [4.78, 5) is 14.0. The largest absolute Gasteiger partial charge is 0.573 e. The Balaban J connectivity index is 3.49. The van der Waals surface area contributed by atoms with Crippen molar-refractivity contribution in [3.05, 3.63) is 23.0 Å². The number of rotatable bonds is 4. The van der Waals surface area contributed by atoms with Gasteiger partial charge in [-0.3, -0.25) is 0 Å². The van der Waals surface area contributed by atoms with Crippen LogP contribution in [0, 0.1) is 0 Å². The van der Waals surface area contributed by atoms with Crippen molar-refractivity contribution in [2.45, 2.75) is 18.7 Å². The van der Waals surface area contributed by atoms with E-state index in [0.717, 1.165) is 0 Å². The van der Waals surface area contributed by atoms with Crippen molar-refractivity contribution < 1.29 is 36.6 Å². The maximum absolute atomic E-state index is 12.7. The van der Waals surface area contributed by atoms with E-state index in [0.29, 0.717) is 6.07 Å². The van der Waals surface area contributed by atoms with Crippen molar-refractivity contribution >= 4 is 17.6 Å². The van der Waals surface area contributed by atoms with Gasteiger partial charge < -0.3 is 9.84 Å². The van der Waals surface area contributed by atoms with Crippen LogP contribution in [0.25, 0.3) is 0 Å². The summed E-state index contributed by atoms with van der Waals surface area (Å²) in [7, 11) is 0. The standard InChI is InChI=1S/C9H5ClF5NO3/c10-2-3-1-4(7(11)12)6(19-9(13,14)15)5(16-3)8(17)18/h1,7H,2H2,(H,17,18). The normalized spacial score (nSPS) is 11.7. The van der Waals surface area contributed by atoms with Crippen LogP contribution in [0.4, 0.5) is 22.0 Å². The van der Waals surface area contributed by atoms with E-state index in [2.05, 4.69) is 9.72 Å². The molecule has 0 saturated heterocycles. The smallest absolute Gasteiger partial charge is 0.476 e. The molecule has 19 heavy (non-hydrogen) atoms. The zero-order chi connectivity index (χ0) is 14.8. The minimum absolute atomic E-state index is 0.302. The first kappa shape index (κ1) is 15.4. The lowest BCUT2D eigenvalue weighted by atomic mass is 10.1. The summed E-state index contributed by atoms with van der Waals surface area (Å²) in [5, 5.41) is 8.69. The molecule has 0 amide bonds. The summed E-state index contributed by atoms with van der Waals surface area (Å²) < 4.78 is 64.9. The van der Waals surface area contributed by atoms with Crippen molar-refractivity contribution in [1.82, 2.24) is 4.98 Å². The van der Waals surface area contributed by atoms with E-state index in [-0.39, 0.29) is 5.69 Å². The van der Waals surface area contributed by atoms with E-state index in [4.69, 9.17) is 16.7 Å². The number of nitrogens with zero attached hydrogens (tertiary/aromatic N) is 1. The van der Waals surface area contributed by atoms with Crippen LogP contribution in [-0.2, 0) is 5.88 Å². The van der Waals surface area contributed by atoms with Crippen molar-refractivity contribution in [1.29, 1.82) is 0 Å². The highest BCUT2D eigenvalue weighted by Gasteiger charge is 2.36. The number of hydrogen-bond acceptors (Lipinski definition) is 3. The Morgan fingerprint density at radius 1 is 1.47 bits per heavy atom. The molecule has 4 nitrogen and oxygen atoms in total. The SMILES string of the molecule is O=C(O)c1nc(CCl)cc(C(F)F)c1OC(F)(F)F. The molecule has 0 aromatic carbocycles. The van der Waals surface area contributed by atoms with Gasteiger partial charge in [-0.15, -0.1) is 24.8 Å². The van der Waals surface area contributed by atoms with Gasteiger partial charge in [-0.05, 0) is 6.07 Å². The van der Waals surface area contributed by atoms with E-state index in [9.17, 15) is 26.7 Å². The summed E-state index contributed by atoms with van der Waals surface area (Å²) in [6.45, 7) is 0. The molecule has 0 fully saturated rings. The minimum Gasteiger partial charge on any atom is -0.476 e. The highest BCUT2D eigenvalue weighted by molar-refractivity contribution is 6.16. The van der Waals surface area contributed by atoms with Crippen molar-refractivity contribution in [2.75, 3.05) is 0 Å². The maximum Gasteiger partial charge on any atom is 0.573 e. The number of carboxylic acids is 1. The van der Waals surface area contributed by atoms with Crippen LogP contribution in [0.1, 0.15) is 28.2 Å². The van der Waals surface area contributed by atoms with Gasteiger partial charge in [0, 0.05) is 0 Å². The molecule has 1 aromatic rings. The summed E-state index contributed by atoms with van der Waals surface area (Å²) in [5.74, 6) is -3.91. The fourth-order valence-electron chi connectivity index (χ4n) is 1.21. The van der Waals surface area contributed by atoms with Crippen LogP contribution in [0.15, 0.2) is 6.07 Å². The Bertz CT molecular complexity index is 491. The van der Waals surface area contributed by atoms with Gasteiger partial charge in [0.15, 0.2) is 11.4 Å². The van der Waals surface area contributed by atoms with Gasteiger partial charge in [-0.1, -0.05) is 0 Å². The highest BCUT2D eigenvalue weighted by Crippen LogP contribution is 2.36. The van der Waals surface area contributed by atoms with E-state index in [1.54, 1.807) is 0 Å². The number of halogens is 6. The number of aromatic nitrogens is 1. The number of hydrogen-bond donors (Lipinski definition) is 1. The van der Waals surface area contributed by atoms with Crippen LogP contribution >= 0.6 is 11.6 Å². The molecule has 1 heterocycles. The third kappa shape index (κ3) is 3.91. The fourth-order valence-corrected chi connectivity index (χ4v) is 1.34. The molecular weight excluding hydrogens is 301 g/mol. The van der Waals surface area contributed by atoms with E-state index in [1.165, 1.54) is 0 Å². The van der Waals surface area contributed by atoms with Gasteiger partial charge in [0.05, 0.1) is 17.1 Å². The first-order valence-electron chi connectivity index (χ1n) is 4.52. The molecule has 1 rings (SSSR count). The van der Waals surface area contributed by atoms with Crippen molar-refractivity contribution in [3.63, 3.8) is 0 Å². The number of carboxylic acid groups (broad SMARTS) is 1. The Hall–Kier alpha value is -1.64. The predicted octanol–water partition coefficient (Wildman–Crippen LogP) is 3.35. The second-order valence-electron chi connectivity index (χ2n) is 3.17. The summed E-state index contributed by atoms with van der Waals surface area (Å²) in [6.07, 6.45) is -8.70. The molecule has 0 unspecified atom stereocenters. The first-order chi connectivity index (χ1) is 8.65. The van der Waals surface area contributed by atoms with Gasteiger partial charge in [-0.2, -0.15) is 0 Å². The van der Waals surface area contributed by atoms with E-state index < -0.39 is 41.6 Å². The molecule has 0 aliphatic heterocycles. The lowest BCUT2D eigenvalue weighted by Crippen LogP contribution is -2.21. The second kappa shape index (κ2) is 5.55. The van der Waals surface area contributed by atoms with Gasteiger partial charge in [0.2, 0.25) is 0 Å². The maximum atomic E-state index is 12.7. The molecule has 0 bridgehead atoms. The molecule has 106 valence electrons. The lowest BCUT2D eigenvalue weighted by molar-refractivity contribution is -0.275. The molecule has 0 aliphatic carbocycles. The molecule has 1 aromatic heterocycles. The highest BCUT2D eigenvalue weighted by atomic mass is 35.5. The van der Waals surface area contributed by atoms with E-state index >= 15 is 0 Å². The average molecular weight is 306 g/mol. The number of carbonyl (C=O) groups is 1. The predicted molar refractivity (Wildman–Crippen MR) is 52.4 cm³/mol. The Morgan fingerprint density at radius 2 is 2.05 bits per heavy atom. The number of pyridine rings is 1. The summed E-state index contributed by atoms with van der Waals surface area (Å²) >= 11 is 5.30. The quantitative estimate of drug-likeness (QED) is 0.684. The Labute approximate surface area is 107 Å². The zero-order valence-corrected chi connectivity index (χ0v) is 9.60. The molecular formula is C9H5ClF5NO3. The third-order valence-electron chi connectivity index (χ3n) is 1.85. The molecule has 0 atom stereocenters. The number of aromatic carboxylic acids is 1. The van der Waals surface area contributed by atoms with Crippen LogP contribution in [0.5, 0.6) is 5.75 Å². The molecule has 0 aliphatic rings. The second-order valence-corrected chi connectivity index (χ2v) is 3.44. The molecule has 1 N–H and O–H groups in total. The van der Waals surface area contributed by atoms with E-state index in [1.807, 2.05) is 0 Å². The number of alkyl halides is 6. The van der Waals surface area contributed by atoms with Gasteiger partial charge in [0.1, 0.15) is 0 Å². The molecule has 10 heteroatoms.